The van der Waals surface area contributed by atoms with Crippen LogP contribution in [0.2, 0.25) is 0 Å². The van der Waals surface area contributed by atoms with E-state index in [0.717, 1.165) is 48.5 Å². The van der Waals surface area contributed by atoms with Gasteiger partial charge in [-0.1, -0.05) is 0 Å². The van der Waals surface area contributed by atoms with Gasteiger partial charge >= 0.3 is 0 Å². The quantitative estimate of drug-likeness (QED) is 0.689. The number of sulfonamides is 1. The van der Waals surface area contributed by atoms with Crippen molar-refractivity contribution < 1.29 is 13.2 Å². The van der Waals surface area contributed by atoms with Crippen molar-refractivity contribution >= 4 is 43.3 Å². The largest absolute Gasteiger partial charge is 0.365 e. The Morgan fingerprint density at radius 1 is 1.31 bits per heavy atom. The Labute approximate surface area is 156 Å². The fraction of sp³-hybridized carbons (Fsp3) is 0.533. The molecule has 2 aromatic rings. The summed E-state index contributed by atoms with van der Waals surface area (Å²) in [5.74, 6) is 1.03. The Bertz CT molecular complexity index is 919. The van der Waals surface area contributed by atoms with Crippen molar-refractivity contribution in [1.29, 1.82) is 0 Å². The van der Waals surface area contributed by atoms with Crippen LogP contribution in [0.4, 0.5) is 5.82 Å². The number of aromatic nitrogens is 2. The number of nitrogens with two attached hydrogens (primary N) is 1. The van der Waals surface area contributed by atoms with E-state index in [-0.39, 0.29) is 0 Å². The van der Waals surface area contributed by atoms with Crippen LogP contribution in [0.15, 0.2) is 6.07 Å². The summed E-state index contributed by atoms with van der Waals surface area (Å²) in [5, 5.41) is 0. The number of anilines is 1. The monoisotopic (exact) mass is 398 g/mol. The summed E-state index contributed by atoms with van der Waals surface area (Å²) in [6, 6.07) is 1.72. The minimum absolute atomic E-state index is 0.405. The van der Waals surface area contributed by atoms with Gasteiger partial charge in [-0.15, -0.1) is 11.3 Å². The van der Waals surface area contributed by atoms with Crippen molar-refractivity contribution in [2.24, 2.45) is 5.73 Å². The van der Waals surface area contributed by atoms with Crippen molar-refractivity contribution in [3.63, 3.8) is 0 Å². The molecule has 0 aliphatic carbocycles. The maximum absolute atomic E-state index is 11.5. The van der Waals surface area contributed by atoms with Gasteiger partial charge in [-0.2, -0.15) is 0 Å². The van der Waals surface area contributed by atoms with E-state index >= 15 is 0 Å². The molecule has 0 unspecified atom stereocenters. The predicted molar refractivity (Wildman–Crippen MR) is 102 cm³/mol. The molecule has 0 saturated carbocycles. The van der Waals surface area contributed by atoms with E-state index < -0.39 is 15.9 Å². The third-order valence-electron chi connectivity index (χ3n) is 4.17. The van der Waals surface area contributed by atoms with Gasteiger partial charge in [-0.25, -0.2) is 23.1 Å². The van der Waals surface area contributed by atoms with E-state index in [0.29, 0.717) is 23.8 Å². The SMILES string of the molecule is Cc1nc(N2CCN(CCNS(C)(=O)=O)CC2)c2sc(C(N)=O)cc2n1. The van der Waals surface area contributed by atoms with Crippen LogP contribution in [-0.4, -0.2) is 74.7 Å². The number of hydrogen-bond acceptors (Lipinski definition) is 8. The van der Waals surface area contributed by atoms with Gasteiger partial charge in [-0.3, -0.25) is 9.69 Å². The van der Waals surface area contributed by atoms with E-state index in [1.165, 1.54) is 11.3 Å². The molecule has 0 spiro atoms. The summed E-state index contributed by atoms with van der Waals surface area (Å²) in [7, 11) is -3.15. The van der Waals surface area contributed by atoms with E-state index in [9.17, 15) is 13.2 Å². The average Bonchev–Trinajstić information content (AvgIpc) is 2.98. The summed E-state index contributed by atoms with van der Waals surface area (Å²) in [6.45, 7) is 6.07. The highest BCUT2D eigenvalue weighted by atomic mass is 32.2. The van der Waals surface area contributed by atoms with Gasteiger partial charge in [0.05, 0.1) is 21.3 Å². The van der Waals surface area contributed by atoms with Gasteiger partial charge in [0.25, 0.3) is 5.91 Å². The first kappa shape index (κ1) is 19.0. The zero-order valence-corrected chi connectivity index (χ0v) is 16.4. The van der Waals surface area contributed by atoms with Crippen LogP contribution in [0.1, 0.15) is 15.5 Å². The topological polar surface area (TPSA) is 122 Å². The molecular weight excluding hydrogens is 376 g/mol. The second-order valence-electron chi connectivity index (χ2n) is 6.28. The molecule has 142 valence electrons. The van der Waals surface area contributed by atoms with Crippen LogP contribution in [0, 0.1) is 6.92 Å². The molecule has 26 heavy (non-hydrogen) atoms. The van der Waals surface area contributed by atoms with Gasteiger partial charge in [0.2, 0.25) is 10.0 Å². The van der Waals surface area contributed by atoms with Gasteiger partial charge in [0.15, 0.2) is 0 Å². The van der Waals surface area contributed by atoms with E-state index in [1.54, 1.807) is 6.07 Å². The summed E-state index contributed by atoms with van der Waals surface area (Å²) >= 11 is 1.32. The molecule has 0 atom stereocenters. The molecule has 1 fully saturated rings. The Kier molecular flexibility index (Phi) is 5.42. The predicted octanol–water partition coefficient (Wildman–Crippen LogP) is -0.230. The number of piperazine rings is 1. The van der Waals surface area contributed by atoms with Gasteiger partial charge < -0.3 is 10.6 Å². The summed E-state index contributed by atoms with van der Waals surface area (Å²) in [4.78, 5) is 25.3. The lowest BCUT2D eigenvalue weighted by molar-refractivity contribution is 0.100. The van der Waals surface area contributed by atoms with E-state index in [4.69, 9.17) is 5.73 Å². The van der Waals surface area contributed by atoms with Crippen LogP contribution in [0.25, 0.3) is 10.2 Å². The lowest BCUT2D eigenvalue weighted by Gasteiger charge is -2.35. The van der Waals surface area contributed by atoms with Gasteiger partial charge in [0.1, 0.15) is 11.6 Å². The lowest BCUT2D eigenvalue weighted by Crippen LogP contribution is -2.48. The van der Waals surface area contributed by atoms with Crippen LogP contribution in [-0.2, 0) is 10.0 Å². The van der Waals surface area contributed by atoms with Crippen LogP contribution in [0.3, 0.4) is 0 Å². The second kappa shape index (κ2) is 7.43. The van der Waals surface area contributed by atoms with Crippen molar-refractivity contribution in [3.8, 4) is 0 Å². The third kappa shape index (κ3) is 4.47. The number of primary amides is 1. The van der Waals surface area contributed by atoms with Crippen molar-refractivity contribution in [3.05, 3.63) is 16.8 Å². The molecule has 0 radical (unpaired) electrons. The second-order valence-corrected chi connectivity index (χ2v) is 9.16. The van der Waals surface area contributed by atoms with Gasteiger partial charge in [0, 0.05) is 39.3 Å². The number of carbonyl (C=O) groups excluding carboxylic acids is 1. The molecule has 1 aliphatic rings. The minimum Gasteiger partial charge on any atom is -0.365 e. The van der Waals surface area contributed by atoms with Crippen LogP contribution in [0.5, 0.6) is 0 Å². The van der Waals surface area contributed by atoms with Crippen molar-refractivity contribution in [1.82, 2.24) is 19.6 Å². The molecule has 9 nitrogen and oxygen atoms in total. The van der Waals surface area contributed by atoms with Crippen molar-refractivity contribution in [2.75, 3.05) is 50.4 Å². The first-order valence-electron chi connectivity index (χ1n) is 8.23. The Balaban J connectivity index is 1.70. The minimum atomic E-state index is -3.15. The smallest absolute Gasteiger partial charge is 0.258 e. The maximum Gasteiger partial charge on any atom is 0.258 e. The zero-order valence-electron chi connectivity index (χ0n) is 14.7. The normalized spacial score (nSPS) is 16.3. The highest BCUT2D eigenvalue weighted by Crippen LogP contribution is 2.32. The zero-order chi connectivity index (χ0) is 18.9. The fourth-order valence-corrected chi connectivity index (χ4v) is 4.36. The standard InChI is InChI=1S/C15H22N6O3S2/c1-10-18-11-9-12(14(16)22)25-13(11)15(19-10)21-7-5-20(6-8-21)4-3-17-26(2,23)24/h9,17H,3-8H2,1-2H3,(H2,16,22). The number of carbonyl (C=O) groups is 1. The number of amides is 1. The van der Waals surface area contributed by atoms with E-state index in [1.807, 2.05) is 6.92 Å². The summed E-state index contributed by atoms with van der Waals surface area (Å²) in [6.07, 6.45) is 1.16. The number of rotatable bonds is 6. The number of nitrogens with one attached hydrogen (secondary N) is 1. The number of thiophene rings is 1. The Hall–Kier alpha value is -1.82. The van der Waals surface area contributed by atoms with Gasteiger partial charge in [-0.05, 0) is 13.0 Å². The molecule has 3 N–H and O–H groups in total. The lowest BCUT2D eigenvalue weighted by atomic mass is 10.3. The number of fused-ring (bicyclic) bond motifs is 1. The average molecular weight is 399 g/mol. The number of aryl methyl sites for hydroxylation is 1. The molecular formula is C15H22N6O3S2. The van der Waals surface area contributed by atoms with E-state index in [2.05, 4.69) is 24.5 Å². The molecule has 1 saturated heterocycles. The molecule has 0 aromatic carbocycles. The molecule has 1 amide bonds. The summed E-state index contributed by atoms with van der Waals surface area (Å²) < 4.78 is 25.6. The molecule has 11 heteroatoms. The molecule has 0 bridgehead atoms. The first-order valence-corrected chi connectivity index (χ1v) is 10.9. The summed E-state index contributed by atoms with van der Waals surface area (Å²) in [5.41, 5.74) is 6.14. The third-order valence-corrected chi connectivity index (χ3v) is 6.04. The highest BCUT2D eigenvalue weighted by Gasteiger charge is 2.22. The molecule has 3 heterocycles. The highest BCUT2D eigenvalue weighted by molar-refractivity contribution is 7.88. The molecule has 1 aliphatic heterocycles. The van der Waals surface area contributed by atoms with Crippen LogP contribution < -0.4 is 15.4 Å². The molecule has 2 aromatic heterocycles. The fourth-order valence-electron chi connectivity index (χ4n) is 2.94. The Morgan fingerprint density at radius 3 is 2.62 bits per heavy atom. The number of hydrogen-bond donors (Lipinski definition) is 2. The maximum atomic E-state index is 11.5. The number of nitrogens with zero attached hydrogens (tertiary/aromatic N) is 4. The van der Waals surface area contributed by atoms with Crippen molar-refractivity contribution in [2.45, 2.75) is 6.92 Å². The first-order chi connectivity index (χ1) is 12.2. The molecule has 3 rings (SSSR count). The Morgan fingerprint density at radius 2 is 2.00 bits per heavy atom. The van der Waals surface area contributed by atoms with Crippen LogP contribution >= 0.6 is 11.3 Å².